The highest BCUT2D eigenvalue weighted by atomic mass is 32.2. The van der Waals surface area contributed by atoms with E-state index in [-0.39, 0.29) is 10.5 Å². The molecule has 0 aliphatic rings. The van der Waals surface area contributed by atoms with E-state index in [1.54, 1.807) is 12.5 Å². The SMILES string of the molecule is C[S-](C)#N. The molecule has 0 rings (SSSR count). The minimum Gasteiger partial charge on any atom is -0.431 e. The van der Waals surface area contributed by atoms with Gasteiger partial charge in [0.1, 0.15) is 0 Å². The van der Waals surface area contributed by atoms with Gasteiger partial charge in [0.05, 0.1) is 0 Å². The van der Waals surface area contributed by atoms with Crippen LogP contribution in [0.15, 0.2) is 0 Å². The first kappa shape index (κ1) is 4.06. The maximum atomic E-state index is 8.08. The molecule has 0 aromatic carbocycles. The summed E-state index contributed by atoms with van der Waals surface area (Å²) in [5.74, 6) is 0. The van der Waals surface area contributed by atoms with E-state index in [0.29, 0.717) is 0 Å². The molecule has 0 heterocycles. The molecule has 0 aliphatic carbocycles. The lowest BCUT2D eigenvalue weighted by Crippen LogP contribution is -1.62. The van der Waals surface area contributed by atoms with E-state index < -0.39 is 0 Å². The van der Waals surface area contributed by atoms with Crippen molar-refractivity contribution in [2.24, 2.45) is 0 Å². The Hall–Kier alpha value is 0.0600. The van der Waals surface area contributed by atoms with Gasteiger partial charge in [0, 0.05) is 0 Å². The average molecular weight is 76.1 g/mol. The predicted octanol–water partition coefficient (Wildman–Crippen LogP) is 0.344. The highest BCUT2D eigenvalue weighted by Crippen LogP contribution is 1.45. The van der Waals surface area contributed by atoms with Crippen LogP contribution in [0.4, 0.5) is 0 Å². The average Bonchev–Trinajstić information content (AvgIpc) is 0.811. The minimum atomic E-state index is -0.361. The molecule has 0 saturated heterocycles. The molecule has 0 atom stereocenters. The molecule has 0 radical (unpaired) electrons. The van der Waals surface area contributed by atoms with E-state index in [9.17, 15) is 0 Å². The lowest BCUT2D eigenvalue weighted by Gasteiger charge is -1.78. The van der Waals surface area contributed by atoms with Crippen LogP contribution < -0.4 is 0 Å². The summed E-state index contributed by atoms with van der Waals surface area (Å²) in [5.41, 5.74) is 0. The molecular formula is C2H6NS-. The van der Waals surface area contributed by atoms with Crippen LogP contribution in [0, 0.1) is 4.61 Å². The Balaban J connectivity index is 3.02. The Morgan fingerprint density at radius 2 is 1.50 bits per heavy atom. The Morgan fingerprint density at radius 3 is 1.50 bits per heavy atom. The highest BCUT2D eigenvalue weighted by Gasteiger charge is 1.29. The summed E-state index contributed by atoms with van der Waals surface area (Å²) in [7, 11) is -0.361. The van der Waals surface area contributed by atoms with Gasteiger partial charge in [0.2, 0.25) is 0 Å². The molecule has 0 aliphatic heterocycles. The summed E-state index contributed by atoms with van der Waals surface area (Å²) in [6, 6.07) is 0. The fourth-order valence-electron chi connectivity index (χ4n) is 0. The lowest BCUT2D eigenvalue weighted by atomic mass is 11.9. The van der Waals surface area contributed by atoms with Crippen molar-refractivity contribution < 1.29 is 0 Å². The van der Waals surface area contributed by atoms with Gasteiger partial charge in [0.15, 0.2) is 0 Å². The maximum Gasteiger partial charge on any atom is -0.125 e. The van der Waals surface area contributed by atoms with Crippen molar-refractivity contribution >= 4 is 10.5 Å². The summed E-state index contributed by atoms with van der Waals surface area (Å²) in [6.45, 7) is 0. The predicted molar refractivity (Wildman–Crippen MR) is 20.9 cm³/mol. The van der Waals surface area contributed by atoms with Gasteiger partial charge in [-0.15, -0.1) is 12.5 Å². The fraction of sp³-hybridized carbons (Fsp3) is 1.00. The van der Waals surface area contributed by atoms with Gasteiger partial charge >= 0.3 is 0 Å². The number of nitrogens with zero attached hydrogens (tertiary/aromatic N) is 1. The highest BCUT2D eigenvalue weighted by molar-refractivity contribution is 7.81. The van der Waals surface area contributed by atoms with Crippen LogP contribution in [0.5, 0.6) is 0 Å². The van der Waals surface area contributed by atoms with E-state index in [0.717, 1.165) is 0 Å². The van der Waals surface area contributed by atoms with Gasteiger partial charge in [-0.3, -0.25) is 0 Å². The van der Waals surface area contributed by atoms with Crippen molar-refractivity contribution in [3.8, 4) is 0 Å². The molecule has 4 heavy (non-hydrogen) atoms. The summed E-state index contributed by atoms with van der Waals surface area (Å²) in [6.07, 6.45) is 3.50. The molecule has 1 nitrogen and oxygen atoms in total. The normalized spacial score (nSPS) is 8.50. The van der Waals surface area contributed by atoms with Gasteiger partial charge in [-0.05, 0) is 0 Å². The van der Waals surface area contributed by atoms with E-state index in [2.05, 4.69) is 0 Å². The van der Waals surface area contributed by atoms with Crippen molar-refractivity contribution in [2.45, 2.75) is 0 Å². The van der Waals surface area contributed by atoms with Gasteiger partial charge < -0.3 is 15.1 Å². The summed E-state index contributed by atoms with van der Waals surface area (Å²) in [4.78, 5) is 0. The van der Waals surface area contributed by atoms with Crippen LogP contribution in [-0.4, -0.2) is 12.5 Å². The molecule has 2 heteroatoms. The van der Waals surface area contributed by atoms with Crippen LogP contribution in [0.25, 0.3) is 0 Å². The third-order valence-corrected chi connectivity index (χ3v) is 0. The molecule has 0 spiro atoms. The topological polar surface area (TPSA) is 23.8 Å². The minimum absolute atomic E-state index is 0.361. The third-order valence-electron chi connectivity index (χ3n) is 0. The van der Waals surface area contributed by atoms with E-state index in [4.69, 9.17) is 4.61 Å². The first-order valence-electron chi connectivity index (χ1n) is 0.999. The van der Waals surface area contributed by atoms with E-state index in [1.807, 2.05) is 0 Å². The van der Waals surface area contributed by atoms with E-state index >= 15 is 0 Å². The second-order valence-electron chi connectivity index (χ2n) is 0.773. The van der Waals surface area contributed by atoms with Crippen LogP contribution in [0.3, 0.4) is 0 Å². The molecule has 0 fully saturated rings. The van der Waals surface area contributed by atoms with Crippen molar-refractivity contribution in [1.29, 1.82) is 4.61 Å². The molecule has 0 amide bonds. The summed E-state index contributed by atoms with van der Waals surface area (Å²) >= 11 is 0. The molecule has 0 aromatic rings. The first-order chi connectivity index (χ1) is 1.73. The maximum absolute atomic E-state index is 8.08. The standard InChI is InChI=1S/C2H6NS/c1-4(2)3/h1-2H3/q-1. The lowest BCUT2D eigenvalue weighted by molar-refractivity contribution is 1.64. The Kier molecular flexibility index (Phi) is 1.41. The fourth-order valence-corrected chi connectivity index (χ4v) is 0. The monoisotopic (exact) mass is 76.0 g/mol. The zero-order valence-corrected chi connectivity index (χ0v) is 3.67. The van der Waals surface area contributed by atoms with Crippen LogP contribution in [0.1, 0.15) is 0 Å². The zero-order chi connectivity index (χ0) is 3.58. The number of hydrogen-bond donors (Lipinski definition) is 0. The Bertz CT molecular complexity index is 52.2. The van der Waals surface area contributed by atoms with Crippen molar-refractivity contribution in [3.63, 3.8) is 0 Å². The largest absolute Gasteiger partial charge is 0.431 e. The number of rotatable bonds is 0. The third kappa shape index (κ3) is 643. The molecule has 0 unspecified atom stereocenters. The smallest absolute Gasteiger partial charge is 0.125 e. The Morgan fingerprint density at radius 1 is 1.50 bits per heavy atom. The molecule has 0 saturated carbocycles. The first-order valence-corrected chi connectivity index (χ1v) is 3.00. The number of hydrogen-bond acceptors (Lipinski definition) is 2. The summed E-state index contributed by atoms with van der Waals surface area (Å²) in [5, 5.41) is 0. The van der Waals surface area contributed by atoms with Crippen molar-refractivity contribution in [3.05, 3.63) is 0 Å². The quantitative estimate of drug-likeness (QED) is 0.382. The van der Waals surface area contributed by atoms with Crippen LogP contribution >= 0.6 is 0 Å². The van der Waals surface area contributed by atoms with Gasteiger partial charge in [0.25, 0.3) is 0 Å². The summed E-state index contributed by atoms with van der Waals surface area (Å²) < 4.78 is 8.08. The van der Waals surface area contributed by atoms with Gasteiger partial charge in [-0.1, -0.05) is 0 Å². The van der Waals surface area contributed by atoms with Crippen LogP contribution in [0.2, 0.25) is 0 Å². The molecule has 0 bridgehead atoms. The van der Waals surface area contributed by atoms with E-state index in [1.165, 1.54) is 0 Å². The second kappa shape index (κ2) is 1.39. The molecule has 26 valence electrons. The molecule has 0 N–H and O–H groups in total. The van der Waals surface area contributed by atoms with Crippen molar-refractivity contribution in [1.82, 2.24) is 0 Å². The molecule has 0 aromatic heterocycles. The van der Waals surface area contributed by atoms with Gasteiger partial charge in [-0.2, -0.15) is 0 Å². The van der Waals surface area contributed by atoms with Crippen molar-refractivity contribution in [2.75, 3.05) is 12.5 Å². The van der Waals surface area contributed by atoms with Crippen LogP contribution in [-0.2, 0) is 10.5 Å². The molecular weight excluding hydrogens is 70.1 g/mol. The van der Waals surface area contributed by atoms with Gasteiger partial charge in [-0.25, -0.2) is 0 Å². The second-order valence-corrected chi connectivity index (χ2v) is 2.32. The Labute approximate surface area is 28.6 Å². The zero-order valence-electron chi connectivity index (χ0n) is 2.86.